The highest BCUT2D eigenvalue weighted by Gasteiger charge is 2.10. The third-order valence-electron chi connectivity index (χ3n) is 4.12. The summed E-state index contributed by atoms with van der Waals surface area (Å²) in [6.07, 6.45) is 2.81. The molecule has 1 saturated heterocycles. The molecule has 2 heterocycles. The molecule has 1 fully saturated rings. The van der Waals surface area contributed by atoms with Gasteiger partial charge in [0.15, 0.2) is 0 Å². The number of benzene rings is 1. The van der Waals surface area contributed by atoms with Crippen LogP contribution >= 0.6 is 11.3 Å². The van der Waals surface area contributed by atoms with E-state index in [0.717, 1.165) is 54.8 Å². The molecule has 0 spiro atoms. The van der Waals surface area contributed by atoms with Gasteiger partial charge in [-0.2, -0.15) is 0 Å². The van der Waals surface area contributed by atoms with Crippen molar-refractivity contribution in [1.82, 2.24) is 15.2 Å². The van der Waals surface area contributed by atoms with Crippen molar-refractivity contribution >= 4 is 23.1 Å². The Morgan fingerprint density at radius 1 is 1.28 bits per heavy atom. The van der Waals surface area contributed by atoms with Crippen LogP contribution in [0.3, 0.4) is 0 Å². The number of hydrogen-bond donors (Lipinski definition) is 2. The molecular weight excluding hydrogens is 336 g/mol. The van der Waals surface area contributed by atoms with Gasteiger partial charge in [0.2, 0.25) is 0 Å². The lowest BCUT2D eigenvalue weighted by Crippen LogP contribution is -2.37. The van der Waals surface area contributed by atoms with Crippen molar-refractivity contribution in [3.05, 3.63) is 45.9 Å². The van der Waals surface area contributed by atoms with Gasteiger partial charge in [0.1, 0.15) is 0 Å². The summed E-state index contributed by atoms with van der Waals surface area (Å²) in [7, 11) is 0. The number of nitrogens with one attached hydrogen (secondary N) is 2. The van der Waals surface area contributed by atoms with Crippen LogP contribution in [-0.2, 0) is 17.7 Å². The Morgan fingerprint density at radius 2 is 2.04 bits per heavy atom. The fraction of sp³-hybridized carbons (Fsp3) is 0.444. The maximum Gasteiger partial charge on any atom is 0.319 e. The molecule has 1 aliphatic rings. The fourth-order valence-electron chi connectivity index (χ4n) is 2.70. The van der Waals surface area contributed by atoms with Crippen molar-refractivity contribution < 1.29 is 9.53 Å². The molecule has 1 aliphatic heterocycles. The molecular formula is C18H24N4O2S. The zero-order chi connectivity index (χ0) is 17.5. The van der Waals surface area contributed by atoms with Crippen molar-refractivity contribution in [2.75, 3.05) is 38.2 Å². The summed E-state index contributed by atoms with van der Waals surface area (Å²) in [4.78, 5) is 19.6. The number of nitrogens with zero attached hydrogens (tertiary/aromatic N) is 2. The Kier molecular flexibility index (Phi) is 6.38. The van der Waals surface area contributed by atoms with Crippen molar-refractivity contribution in [2.24, 2.45) is 0 Å². The van der Waals surface area contributed by atoms with Crippen LogP contribution in [0.5, 0.6) is 0 Å². The maximum absolute atomic E-state index is 12.0. The molecule has 3 rings (SSSR count). The van der Waals surface area contributed by atoms with Gasteiger partial charge in [0.05, 0.1) is 24.8 Å². The third-order valence-corrected chi connectivity index (χ3v) is 5.04. The first-order valence-electron chi connectivity index (χ1n) is 8.54. The van der Waals surface area contributed by atoms with E-state index in [9.17, 15) is 4.79 Å². The highest BCUT2D eigenvalue weighted by Crippen LogP contribution is 2.12. The van der Waals surface area contributed by atoms with Crippen LogP contribution in [0.4, 0.5) is 10.5 Å². The summed E-state index contributed by atoms with van der Waals surface area (Å²) in [5.74, 6) is 0. The second-order valence-electron chi connectivity index (χ2n) is 6.05. The first kappa shape index (κ1) is 17.8. The lowest BCUT2D eigenvalue weighted by Gasteiger charge is -2.26. The Hall–Kier alpha value is -1.96. The lowest BCUT2D eigenvalue weighted by atomic mass is 10.1. The maximum atomic E-state index is 12.0. The summed E-state index contributed by atoms with van der Waals surface area (Å²) < 4.78 is 5.36. The number of anilines is 1. The Bertz CT molecular complexity index is 681. The van der Waals surface area contributed by atoms with Crippen molar-refractivity contribution in [3.63, 3.8) is 0 Å². The molecule has 0 aliphatic carbocycles. The molecule has 0 bridgehead atoms. The Morgan fingerprint density at radius 3 is 2.72 bits per heavy atom. The number of rotatable bonds is 6. The van der Waals surface area contributed by atoms with E-state index in [1.165, 1.54) is 5.56 Å². The minimum atomic E-state index is -0.202. The van der Waals surface area contributed by atoms with Gasteiger partial charge < -0.3 is 15.4 Å². The summed E-state index contributed by atoms with van der Waals surface area (Å²) in [5, 5.41) is 6.71. The van der Waals surface area contributed by atoms with Crippen molar-refractivity contribution in [2.45, 2.75) is 19.9 Å². The molecule has 0 unspecified atom stereocenters. The highest BCUT2D eigenvalue weighted by molar-refractivity contribution is 7.11. The van der Waals surface area contributed by atoms with Crippen LogP contribution in [-0.4, -0.2) is 48.8 Å². The first-order chi connectivity index (χ1) is 12.2. The minimum Gasteiger partial charge on any atom is -0.379 e. The van der Waals surface area contributed by atoms with E-state index in [1.807, 2.05) is 19.1 Å². The molecule has 25 heavy (non-hydrogen) atoms. The van der Waals surface area contributed by atoms with Gasteiger partial charge in [0, 0.05) is 36.4 Å². The SMILES string of the molecule is Cc1ncc(CNC(=O)Nc2ccc(CCN3CCOCC3)cc2)s1. The number of aryl methyl sites for hydroxylation is 1. The number of aromatic nitrogens is 1. The van der Waals surface area contributed by atoms with Crippen LogP contribution in [0.1, 0.15) is 15.4 Å². The number of carbonyl (C=O) groups is 1. The molecule has 2 N–H and O–H groups in total. The van der Waals surface area contributed by atoms with E-state index in [-0.39, 0.29) is 6.03 Å². The number of hydrogen-bond acceptors (Lipinski definition) is 5. The van der Waals surface area contributed by atoms with E-state index < -0.39 is 0 Å². The normalized spacial score (nSPS) is 15.1. The molecule has 0 atom stereocenters. The van der Waals surface area contributed by atoms with E-state index in [4.69, 9.17) is 4.74 Å². The third kappa shape index (κ3) is 5.81. The van der Waals surface area contributed by atoms with Gasteiger partial charge in [-0.15, -0.1) is 11.3 Å². The second kappa shape index (κ2) is 8.94. The standard InChI is InChI=1S/C18H24N4O2S/c1-14-19-12-17(25-14)13-20-18(23)21-16-4-2-15(3-5-16)6-7-22-8-10-24-11-9-22/h2-5,12H,6-11,13H2,1H3,(H2,20,21,23). The van der Waals surface area contributed by atoms with Gasteiger partial charge >= 0.3 is 6.03 Å². The molecule has 6 nitrogen and oxygen atoms in total. The van der Waals surface area contributed by atoms with Crippen molar-refractivity contribution in [1.29, 1.82) is 0 Å². The molecule has 1 aromatic carbocycles. The van der Waals surface area contributed by atoms with E-state index in [2.05, 4.69) is 32.7 Å². The Labute approximate surface area is 152 Å². The summed E-state index contributed by atoms with van der Waals surface area (Å²) in [5.41, 5.74) is 2.07. The first-order valence-corrected chi connectivity index (χ1v) is 9.36. The zero-order valence-corrected chi connectivity index (χ0v) is 15.3. The predicted octanol–water partition coefficient (Wildman–Crippen LogP) is 2.65. The number of urea groups is 1. The van der Waals surface area contributed by atoms with Gasteiger partial charge in [-0.1, -0.05) is 12.1 Å². The lowest BCUT2D eigenvalue weighted by molar-refractivity contribution is 0.0384. The van der Waals surface area contributed by atoms with Gasteiger partial charge in [0.25, 0.3) is 0 Å². The number of amides is 2. The highest BCUT2D eigenvalue weighted by atomic mass is 32.1. The molecule has 7 heteroatoms. The van der Waals surface area contributed by atoms with Crippen molar-refractivity contribution in [3.8, 4) is 0 Å². The predicted molar refractivity (Wildman–Crippen MR) is 100 cm³/mol. The van der Waals surface area contributed by atoms with E-state index in [0.29, 0.717) is 6.54 Å². The van der Waals surface area contributed by atoms with Crippen LogP contribution < -0.4 is 10.6 Å². The van der Waals surface area contributed by atoms with Crippen LogP contribution in [0.2, 0.25) is 0 Å². The molecule has 0 saturated carbocycles. The average molecular weight is 360 g/mol. The minimum absolute atomic E-state index is 0.202. The zero-order valence-electron chi connectivity index (χ0n) is 14.5. The molecule has 2 amide bonds. The monoisotopic (exact) mass is 360 g/mol. The molecule has 0 radical (unpaired) electrons. The smallest absolute Gasteiger partial charge is 0.319 e. The second-order valence-corrected chi connectivity index (χ2v) is 7.37. The van der Waals surface area contributed by atoms with E-state index in [1.54, 1.807) is 17.5 Å². The van der Waals surface area contributed by atoms with Crippen LogP contribution in [0, 0.1) is 6.92 Å². The van der Waals surface area contributed by atoms with Gasteiger partial charge in [-0.25, -0.2) is 9.78 Å². The summed E-state index contributed by atoms with van der Waals surface area (Å²) in [6, 6.07) is 7.84. The number of ether oxygens (including phenoxy) is 1. The van der Waals surface area contributed by atoms with E-state index >= 15 is 0 Å². The summed E-state index contributed by atoms with van der Waals surface area (Å²) >= 11 is 1.59. The largest absolute Gasteiger partial charge is 0.379 e. The van der Waals surface area contributed by atoms with Gasteiger partial charge in [-0.05, 0) is 31.0 Å². The number of carbonyl (C=O) groups excluding carboxylic acids is 1. The fourth-order valence-corrected chi connectivity index (χ4v) is 3.43. The van der Waals surface area contributed by atoms with Crippen LogP contribution in [0.25, 0.3) is 0 Å². The number of thiazole rings is 1. The molecule has 134 valence electrons. The Balaban J connectivity index is 1.41. The van der Waals surface area contributed by atoms with Gasteiger partial charge in [-0.3, -0.25) is 4.90 Å². The average Bonchev–Trinajstić information content (AvgIpc) is 3.06. The quantitative estimate of drug-likeness (QED) is 0.831. The number of morpholine rings is 1. The molecule has 1 aromatic heterocycles. The molecule has 2 aromatic rings. The topological polar surface area (TPSA) is 66.5 Å². The van der Waals surface area contributed by atoms with Crippen LogP contribution in [0.15, 0.2) is 30.5 Å². The summed E-state index contributed by atoms with van der Waals surface area (Å²) in [6.45, 7) is 7.19.